The molecule has 3 nitrogen and oxygen atoms in total. The number of hydrogen-bond donors (Lipinski definition) is 0. The normalized spacial score (nSPS) is 13.8. The van der Waals surface area contributed by atoms with Crippen LogP contribution in [0.15, 0.2) is 0 Å². The molecule has 0 aromatic rings. The minimum Gasteiger partial charge on any atom is -0.465 e. The second-order valence-corrected chi connectivity index (χ2v) is 2.98. The molecule has 0 aromatic carbocycles. The summed E-state index contributed by atoms with van der Waals surface area (Å²) in [5, 5.41) is 0. The van der Waals surface area contributed by atoms with Crippen LogP contribution < -0.4 is 0 Å². The fraction of sp³-hybridized carbons (Fsp3) is 0.833. The highest BCUT2D eigenvalue weighted by molar-refractivity contribution is 7.26. The molecule has 60 valence electrons. The summed E-state index contributed by atoms with van der Waals surface area (Å²) >= 11 is 0. The monoisotopic (exact) mass is 164 g/mol. The van der Waals surface area contributed by atoms with Gasteiger partial charge in [-0.2, -0.15) is 0 Å². The van der Waals surface area contributed by atoms with Crippen LogP contribution in [0.1, 0.15) is 20.3 Å². The van der Waals surface area contributed by atoms with Crippen LogP contribution in [0.5, 0.6) is 0 Å². The van der Waals surface area contributed by atoms with Crippen molar-refractivity contribution in [2.75, 3.05) is 6.61 Å². The highest BCUT2D eigenvalue weighted by Crippen LogP contribution is 2.11. The summed E-state index contributed by atoms with van der Waals surface area (Å²) in [4.78, 5) is 10.8. The second-order valence-electron chi connectivity index (χ2n) is 1.90. The van der Waals surface area contributed by atoms with E-state index in [1.807, 2.05) is 6.92 Å². The van der Waals surface area contributed by atoms with Crippen molar-refractivity contribution in [2.24, 2.45) is 0 Å². The summed E-state index contributed by atoms with van der Waals surface area (Å²) in [7, 11) is -1.02. The molecule has 0 aliphatic heterocycles. The van der Waals surface area contributed by atoms with Gasteiger partial charge in [0, 0.05) is 0 Å². The van der Waals surface area contributed by atoms with E-state index in [-0.39, 0.29) is 11.6 Å². The molecule has 0 bridgehead atoms. The van der Waals surface area contributed by atoms with Gasteiger partial charge in [-0.05, 0) is 13.3 Å². The van der Waals surface area contributed by atoms with E-state index in [1.54, 1.807) is 6.92 Å². The standard InChI is InChI=1S/C6H13O3P/c1-3-5(10-8)6(7)9-4-2/h5H,3-4,10H2,1-2H3. The van der Waals surface area contributed by atoms with Crippen molar-refractivity contribution in [3.8, 4) is 0 Å². The molecule has 0 fully saturated rings. The Balaban J connectivity index is 3.76. The predicted molar refractivity (Wildman–Crippen MR) is 41.1 cm³/mol. The lowest BCUT2D eigenvalue weighted by Gasteiger charge is -2.05. The summed E-state index contributed by atoms with van der Waals surface area (Å²) < 4.78 is 15.0. The van der Waals surface area contributed by atoms with Gasteiger partial charge in [0.15, 0.2) is 0 Å². The van der Waals surface area contributed by atoms with Crippen molar-refractivity contribution in [1.29, 1.82) is 0 Å². The average molecular weight is 164 g/mol. The number of carbonyl (C=O) groups is 1. The van der Waals surface area contributed by atoms with Crippen LogP contribution in [-0.2, 0) is 14.1 Å². The zero-order valence-corrected chi connectivity index (χ0v) is 7.45. The zero-order chi connectivity index (χ0) is 7.98. The first kappa shape index (κ1) is 9.70. The largest absolute Gasteiger partial charge is 0.465 e. The number of carbonyl (C=O) groups excluding carboxylic acids is 1. The van der Waals surface area contributed by atoms with E-state index in [1.165, 1.54) is 0 Å². The minimum atomic E-state index is -1.02. The smallest absolute Gasteiger partial charge is 0.315 e. The molecule has 0 radical (unpaired) electrons. The molecule has 0 spiro atoms. The Hall–Kier alpha value is -0.300. The zero-order valence-electron chi connectivity index (χ0n) is 6.29. The third-order valence-corrected chi connectivity index (χ3v) is 2.27. The maximum atomic E-state index is 10.8. The number of esters is 1. The Labute approximate surface area is 62.0 Å². The first-order valence-electron chi connectivity index (χ1n) is 3.38. The summed E-state index contributed by atoms with van der Waals surface area (Å²) in [5.74, 6) is -0.324. The fourth-order valence-corrected chi connectivity index (χ4v) is 0.968. The number of ether oxygens (including phenoxy) is 1. The van der Waals surface area contributed by atoms with E-state index in [2.05, 4.69) is 4.74 Å². The molecule has 10 heavy (non-hydrogen) atoms. The second kappa shape index (κ2) is 5.48. The molecule has 0 aliphatic rings. The first-order chi connectivity index (χ1) is 4.76. The molecular weight excluding hydrogens is 151 g/mol. The van der Waals surface area contributed by atoms with Gasteiger partial charge in [0.1, 0.15) is 5.66 Å². The van der Waals surface area contributed by atoms with E-state index in [0.717, 1.165) is 0 Å². The van der Waals surface area contributed by atoms with Gasteiger partial charge in [-0.25, -0.2) is 0 Å². The van der Waals surface area contributed by atoms with Crippen LogP contribution in [-0.4, -0.2) is 18.2 Å². The van der Waals surface area contributed by atoms with Crippen LogP contribution in [0.4, 0.5) is 0 Å². The van der Waals surface area contributed by atoms with Crippen LogP contribution >= 0.6 is 8.46 Å². The first-order valence-corrected chi connectivity index (χ1v) is 4.52. The number of hydrogen-bond acceptors (Lipinski definition) is 3. The van der Waals surface area contributed by atoms with Crippen molar-refractivity contribution >= 4 is 14.4 Å². The van der Waals surface area contributed by atoms with Gasteiger partial charge < -0.3 is 9.30 Å². The highest BCUT2D eigenvalue weighted by Gasteiger charge is 2.14. The molecule has 0 aliphatic carbocycles. The van der Waals surface area contributed by atoms with Gasteiger partial charge in [0.25, 0.3) is 0 Å². The molecule has 4 heteroatoms. The van der Waals surface area contributed by atoms with Crippen LogP contribution in [0.25, 0.3) is 0 Å². The Morgan fingerprint density at radius 2 is 2.20 bits per heavy atom. The fourth-order valence-electron chi connectivity index (χ4n) is 0.568. The summed E-state index contributed by atoms with van der Waals surface area (Å²) in [6, 6.07) is 0. The van der Waals surface area contributed by atoms with Gasteiger partial charge in [-0.1, -0.05) is 6.92 Å². The van der Waals surface area contributed by atoms with Crippen molar-refractivity contribution in [1.82, 2.24) is 0 Å². The van der Waals surface area contributed by atoms with E-state index >= 15 is 0 Å². The topological polar surface area (TPSA) is 43.4 Å². The molecule has 2 atom stereocenters. The lowest BCUT2D eigenvalue weighted by Crippen LogP contribution is -2.16. The Morgan fingerprint density at radius 1 is 1.60 bits per heavy atom. The van der Waals surface area contributed by atoms with Crippen LogP contribution in [0.2, 0.25) is 0 Å². The third-order valence-electron chi connectivity index (χ3n) is 1.19. The summed E-state index contributed by atoms with van der Waals surface area (Å²) in [6.07, 6.45) is 0.609. The molecular formula is C6H13O3P. The van der Waals surface area contributed by atoms with Gasteiger partial charge >= 0.3 is 5.97 Å². The molecule has 0 saturated heterocycles. The molecule has 0 amide bonds. The van der Waals surface area contributed by atoms with Crippen molar-refractivity contribution in [2.45, 2.75) is 25.9 Å². The Bertz CT molecular complexity index is 124. The van der Waals surface area contributed by atoms with Gasteiger partial charge in [-0.3, -0.25) is 4.79 Å². The van der Waals surface area contributed by atoms with E-state index in [9.17, 15) is 9.36 Å². The maximum absolute atomic E-state index is 10.8. The quantitative estimate of drug-likeness (QED) is 0.461. The van der Waals surface area contributed by atoms with Gasteiger partial charge in [0.05, 0.1) is 15.1 Å². The highest BCUT2D eigenvalue weighted by atomic mass is 31.1. The third kappa shape index (κ3) is 3.02. The van der Waals surface area contributed by atoms with Gasteiger partial charge in [0.2, 0.25) is 0 Å². The molecule has 0 heterocycles. The molecule has 0 aromatic heterocycles. The summed E-state index contributed by atoms with van der Waals surface area (Å²) in [6.45, 7) is 3.94. The molecule has 0 N–H and O–H groups in total. The molecule has 0 saturated carbocycles. The Kier molecular flexibility index (Phi) is 5.32. The SMILES string of the molecule is CCOC(=O)C(CC)[PH2]=O. The molecule has 2 unspecified atom stereocenters. The Morgan fingerprint density at radius 3 is 2.50 bits per heavy atom. The lowest BCUT2D eigenvalue weighted by molar-refractivity contribution is -0.142. The van der Waals surface area contributed by atoms with Gasteiger partial charge in [-0.15, -0.1) is 0 Å². The number of rotatable bonds is 4. The van der Waals surface area contributed by atoms with Crippen LogP contribution in [0, 0.1) is 0 Å². The minimum absolute atomic E-state index is 0.324. The molecule has 0 rings (SSSR count). The van der Waals surface area contributed by atoms with Crippen molar-refractivity contribution in [3.63, 3.8) is 0 Å². The van der Waals surface area contributed by atoms with Crippen molar-refractivity contribution < 1.29 is 14.1 Å². The van der Waals surface area contributed by atoms with Crippen molar-refractivity contribution in [3.05, 3.63) is 0 Å². The summed E-state index contributed by atoms with van der Waals surface area (Å²) in [5.41, 5.74) is -0.361. The predicted octanol–water partition coefficient (Wildman–Crippen LogP) is 1.08. The van der Waals surface area contributed by atoms with Crippen LogP contribution in [0.3, 0.4) is 0 Å². The maximum Gasteiger partial charge on any atom is 0.315 e. The van der Waals surface area contributed by atoms with E-state index in [4.69, 9.17) is 0 Å². The average Bonchev–Trinajstić information content (AvgIpc) is 1.91. The van der Waals surface area contributed by atoms with E-state index < -0.39 is 8.46 Å². The van der Waals surface area contributed by atoms with E-state index in [0.29, 0.717) is 13.0 Å². The lowest BCUT2D eigenvalue weighted by atomic mass is 10.3.